The molecule has 2 heterocycles. The highest BCUT2D eigenvalue weighted by Crippen LogP contribution is 2.28. The van der Waals surface area contributed by atoms with Crippen LogP contribution in [-0.2, 0) is 12.2 Å². The molecule has 7 heteroatoms. The molecule has 0 bridgehead atoms. The SMILES string of the molecule is CCCCc1noc(CSc2cnc(N)s2)n1. The summed E-state index contributed by atoms with van der Waals surface area (Å²) in [6.45, 7) is 2.14. The summed E-state index contributed by atoms with van der Waals surface area (Å²) in [5, 5.41) is 4.52. The largest absolute Gasteiger partial charge is 0.375 e. The topological polar surface area (TPSA) is 77.8 Å². The van der Waals surface area contributed by atoms with E-state index < -0.39 is 0 Å². The van der Waals surface area contributed by atoms with Gasteiger partial charge in [-0.05, 0) is 6.42 Å². The van der Waals surface area contributed by atoms with Gasteiger partial charge in [-0.1, -0.05) is 29.8 Å². The van der Waals surface area contributed by atoms with Crippen LogP contribution in [0, 0.1) is 0 Å². The first-order chi connectivity index (χ1) is 8.28. The minimum atomic E-state index is 0.585. The first-order valence-electron chi connectivity index (χ1n) is 5.43. The maximum absolute atomic E-state index is 5.55. The lowest BCUT2D eigenvalue weighted by molar-refractivity contribution is 0.384. The van der Waals surface area contributed by atoms with E-state index in [2.05, 4.69) is 22.0 Å². The molecule has 0 unspecified atom stereocenters. The summed E-state index contributed by atoms with van der Waals surface area (Å²) in [7, 11) is 0. The Morgan fingerprint density at radius 3 is 3.12 bits per heavy atom. The number of anilines is 1. The fraction of sp³-hybridized carbons (Fsp3) is 0.500. The Hall–Kier alpha value is -1.08. The highest BCUT2D eigenvalue weighted by molar-refractivity contribution is 8.00. The minimum Gasteiger partial charge on any atom is -0.375 e. The summed E-state index contributed by atoms with van der Waals surface area (Å²) in [5.74, 6) is 2.13. The summed E-state index contributed by atoms with van der Waals surface area (Å²) in [5.41, 5.74) is 5.55. The lowest BCUT2D eigenvalue weighted by Gasteiger charge is -1.90. The van der Waals surface area contributed by atoms with Gasteiger partial charge in [0.2, 0.25) is 5.89 Å². The molecule has 0 aromatic carbocycles. The molecular formula is C10H14N4OS2. The first kappa shape index (κ1) is 12.4. The van der Waals surface area contributed by atoms with Crippen LogP contribution in [0.25, 0.3) is 0 Å². The number of thioether (sulfide) groups is 1. The predicted octanol–water partition coefficient (Wildman–Crippen LogP) is 2.74. The van der Waals surface area contributed by atoms with E-state index in [1.807, 2.05) is 0 Å². The Morgan fingerprint density at radius 1 is 1.53 bits per heavy atom. The van der Waals surface area contributed by atoms with Crippen molar-refractivity contribution in [2.24, 2.45) is 0 Å². The number of unbranched alkanes of at least 4 members (excludes halogenated alkanes) is 1. The predicted molar refractivity (Wildman–Crippen MR) is 69.0 cm³/mol. The third kappa shape index (κ3) is 3.71. The first-order valence-corrected chi connectivity index (χ1v) is 7.23. The number of nitrogen functional groups attached to an aromatic ring is 1. The normalized spacial score (nSPS) is 10.9. The highest BCUT2D eigenvalue weighted by Gasteiger charge is 2.07. The molecule has 17 heavy (non-hydrogen) atoms. The zero-order valence-electron chi connectivity index (χ0n) is 9.55. The molecule has 0 radical (unpaired) electrons. The second-order valence-electron chi connectivity index (χ2n) is 3.51. The molecule has 2 N–H and O–H groups in total. The van der Waals surface area contributed by atoms with Gasteiger partial charge in [0.1, 0.15) is 0 Å². The number of aryl methyl sites for hydroxylation is 1. The Balaban J connectivity index is 1.84. The van der Waals surface area contributed by atoms with Crippen molar-refractivity contribution in [3.05, 3.63) is 17.9 Å². The second-order valence-corrected chi connectivity index (χ2v) is 5.85. The van der Waals surface area contributed by atoms with Gasteiger partial charge in [0, 0.05) is 6.42 Å². The lowest BCUT2D eigenvalue weighted by Crippen LogP contribution is -1.87. The molecule has 0 amide bonds. The third-order valence-electron chi connectivity index (χ3n) is 2.10. The molecule has 0 spiro atoms. The van der Waals surface area contributed by atoms with Crippen LogP contribution in [0.2, 0.25) is 0 Å². The Morgan fingerprint density at radius 2 is 2.41 bits per heavy atom. The second kappa shape index (κ2) is 6.02. The van der Waals surface area contributed by atoms with Crippen molar-refractivity contribution in [2.45, 2.75) is 36.1 Å². The zero-order chi connectivity index (χ0) is 12.1. The fourth-order valence-electron chi connectivity index (χ4n) is 1.26. The van der Waals surface area contributed by atoms with E-state index in [4.69, 9.17) is 10.3 Å². The monoisotopic (exact) mass is 270 g/mol. The summed E-state index contributed by atoms with van der Waals surface area (Å²) in [4.78, 5) is 8.31. The van der Waals surface area contributed by atoms with E-state index in [-0.39, 0.29) is 0 Å². The summed E-state index contributed by atoms with van der Waals surface area (Å²) in [6, 6.07) is 0. The molecule has 92 valence electrons. The van der Waals surface area contributed by atoms with Crippen molar-refractivity contribution in [2.75, 3.05) is 5.73 Å². The molecule has 0 saturated carbocycles. The average Bonchev–Trinajstić information content (AvgIpc) is 2.93. The smallest absolute Gasteiger partial charge is 0.237 e. The van der Waals surface area contributed by atoms with Gasteiger partial charge < -0.3 is 10.3 Å². The van der Waals surface area contributed by atoms with Gasteiger partial charge in [-0.15, -0.1) is 11.8 Å². The van der Waals surface area contributed by atoms with Crippen LogP contribution in [0.1, 0.15) is 31.5 Å². The number of aromatic nitrogens is 3. The van der Waals surface area contributed by atoms with Gasteiger partial charge in [0.05, 0.1) is 16.2 Å². The van der Waals surface area contributed by atoms with Crippen LogP contribution >= 0.6 is 23.1 Å². The van der Waals surface area contributed by atoms with E-state index >= 15 is 0 Å². The zero-order valence-corrected chi connectivity index (χ0v) is 11.2. The van der Waals surface area contributed by atoms with Crippen molar-refractivity contribution >= 4 is 28.2 Å². The van der Waals surface area contributed by atoms with Crippen LogP contribution in [0.15, 0.2) is 14.9 Å². The number of thiazole rings is 1. The number of nitrogens with two attached hydrogens (primary N) is 1. The van der Waals surface area contributed by atoms with Gasteiger partial charge in [-0.25, -0.2) is 4.98 Å². The van der Waals surface area contributed by atoms with Crippen LogP contribution < -0.4 is 5.73 Å². The Kier molecular flexibility index (Phi) is 4.38. The Bertz CT molecular complexity index is 468. The van der Waals surface area contributed by atoms with Gasteiger partial charge in [-0.3, -0.25) is 0 Å². The third-order valence-corrected chi connectivity index (χ3v) is 4.11. The van der Waals surface area contributed by atoms with E-state index in [1.165, 1.54) is 11.3 Å². The molecule has 2 aromatic heterocycles. The standard InChI is InChI=1S/C10H14N4OS2/c1-2-3-4-7-13-8(15-14-7)6-16-9-5-12-10(11)17-9/h5H,2-4,6H2,1H3,(H2,11,12). The summed E-state index contributed by atoms with van der Waals surface area (Å²) < 4.78 is 6.23. The van der Waals surface area contributed by atoms with Gasteiger partial charge in [-0.2, -0.15) is 4.98 Å². The highest BCUT2D eigenvalue weighted by atomic mass is 32.2. The number of hydrogen-bond donors (Lipinski definition) is 1. The average molecular weight is 270 g/mol. The number of rotatable bonds is 6. The molecule has 0 atom stereocenters. The molecule has 5 nitrogen and oxygen atoms in total. The Labute approximate surface area is 108 Å². The van der Waals surface area contributed by atoms with Crippen molar-refractivity contribution in [3.8, 4) is 0 Å². The quantitative estimate of drug-likeness (QED) is 0.813. The van der Waals surface area contributed by atoms with Crippen molar-refractivity contribution in [1.29, 1.82) is 0 Å². The van der Waals surface area contributed by atoms with Gasteiger partial charge in [0.15, 0.2) is 11.0 Å². The lowest BCUT2D eigenvalue weighted by atomic mass is 10.2. The maximum Gasteiger partial charge on any atom is 0.237 e. The minimum absolute atomic E-state index is 0.585. The van der Waals surface area contributed by atoms with Gasteiger partial charge in [0.25, 0.3) is 0 Å². The number of hydrogen-bond acceptors (Lipinski definition) is 7. The van der Waals surface area contributed by atoms with Crippen molar-refractivity contribution in [1.82, 2.24) is 15.1 Å². The summed E-state index contributed by atoms with van der Waals surface area (Å²) >= 11 is 3.08. The van der Waals surface area contributed by atoms with Crippen LogP contribution in [0.5, 0.6) is 0 Å². The van der Waals surface area contributed by atoms with Crippen LogP contribution in [0.3, 0.4) is 0 Å². The van der Waals surface area contributed by atoms with Gasteiger partial charge >= 0.3 is 0 Å². The van der Waals surface area contributed by atoms with Crippen LogP contribution in [0.4, 0.5) is 5.13 Å². The maximum atomic E-state index is 5.55. The molecule has 2 rings (SSSR count). The van der Waals surface area contributed by atoms with E-state index in [0.717, 1.165) is 29.3 Å². The van der Waals surface area contributed by atoms with E-state index in [0.29, 0.717) is 16.8 Å². The molecule has 0 aliphatic rings. The van der Waals surface area contributed by atoms with Crippen molar-refractivity contribution < 1.29 is 4.52 Å². The summed E-state index contributed by atoms with van der Waals surface area (Å²) in [6.07, 6.45) is 4.88. The molecule has 2 aromatic rings. The van der Waals surface area contributed by atoms with Crippen molar-refractivity contribution in [3.63, 3.8) is 0 Å². The molecule has 0 aliphatic heterocycles. The van der Waals surface area contributed by atoms with E-state index in [9.17, 15) is 0 Å². The molecule has 0 aliphatic carbocycles. The fourth-order valence-corrected chi connectivity index (χ4v) is 2.85. The van der Waals surface area contributed by atoms with E-state index in [1.54, 1.807) is 18.0 Å². The molecule has 0 fully saturated rings. The molecular weight excluding hydrogens is 256 g/mol. The molecule has 0 saturated heterocycles. The van der Waals surface area contributed by atoms with Crippen LogP contribution in [-0.4, -0.2) is 15.1 Å². The number of nitrogens with zero attached hydrogens (tertiary/aromatic N) is 3.